The van der Waals surface area contributed by atoms with Crippen molar-refractivity contribution in [2.24, 2.45) is 0 Å². The van der Waals surface area contributed by atoms with Crippen molar-refractivity contribution in [2.75, 3.05) is 23.8 Å². The van der Waals surface area contributed by atoms with Gasteiger partial charge in [0.2, 0.25) is 5.95 Å². The predicted molar refractivity (Wildman–Crippen MR) is 107 cm³/mol. The Balaban J connectivity index is 1.83. The van der Waals surface area contributed by atoms with Crippen LogP contribution in [0, 0.1) is 5.82 Å². The first-order valence-electron chi connectivity index (χ1n) is 8.73. The Labute approximate surface area is 167 Å². The van der Waals surface area contributed by atoms with E-state index in [1.807, 2.05) is 13.8 Å². The van der Waals surface area contributed by atoms with Gasteiger partial charge in [0, 0.05) is 41.9 Å². The van der Waals surface area contributed by atoms with Gasteiger partial charge in [-0.25, -0.2) is 19.3 Å². The molecule has 0 amide bonds. The summed E-state index contributed by atoms with van der Waals surface area (Å²) in [5, 5.41) is 6.30. The molecule has 0 spiro atoms. The zero-order chi connectivity index (χ0) is 19.9. The smallest absolute Gasteiger partial charge is 0.229 e. The molecule has 0 aliphatic heterocycles. The van der Waals surface area contributed by atoms with E-state index < -0.39 is 5.82 Å². The lowest BCUT2D eigenvalue weighted by molar-refractivity contribution is 0.0870. The summed E-state index contributed by atoms with van der Waals surface area (Å²) in [6.07, 6.45) is 6.66. The highest BCUT2D eigenvalue weighted by molar-refractivity contribution is 6.31. The number of benzene rings is 1. The van der Waals surface area contributed by atoms with Crippen LogP contribution in [0.25, 0.3) is 11.1 Å². The molecule has 0 aliphatic carbocycles. The van der Waals surface area contributed by atoms with E-state index in [1.54, 1.807) is 24.7 Å². The number of rotatable bonds is 8. The Bertz CT molecular complexity index is 926. The fraction of sp³-hybridized carbons (Fsp3) is 0.263. The molecule has 0 fully saturated rings. The van der Waals surface area contributed by atoms with Crippen LogP contribution in [0.2, 0.25) is 5.02 Å². The molecule has 0 aliphatic rings. The van der Waals surface area contributed by atoms with Crippen LogP contribution in [0.15, 0.2) is 43.1 Å². The Morgan fingerprint density at radius 2 is 1.96 bits per heavy atom. The van der Waals surface area contributed by atoms with Crippen molar-refractivity contribution < 1.29 is 9.13 Å². The van der Waals surface area contributed by atoms with Crippen LogP contribution in [0.4, 0.5) is 21.8 Å². The summed E-state index contributed by atoms with van der Waals surface area (Å²) in [5.74, 6) is 0.462. The van der Waals surface area contributed by atoms with E-state index in [0.717, 1.165) is 11.1 Å². The third-order valence-corrected chi connectivity index (χ3v) is 3.97. The lowest BCUT2D eigenvalue weighted by atomic mass is 10.1. The summed E-state index contributed by atoms with van der Waals surface area (Å²) < 4.78 is 18.9. The Hall–Kier alpha value is -2.84. The van der Waals surface area contributed by atoms with Gasteiger partial charge in [0.1, 0.15) is 18.0 Å². The van der Waals surface area contributed by atoms with E-state index in [9.17, 15) is 4.39 Å². The van der Waals surface area contributed by atoms with Crippen molar-refractivity contribution in [2.45, 2.75) is 20.0 Å². The standard InChI is InChI=1S/C19H20ClFN6O/c1-12(2)28-6-5-24-18-15(13-8-22-11-23-9-13)10-25-19(27-18)26-14-3-4-17(21)16(20)7-14/h3-4,7-12H,5-6H2,1-2H3,(H2,24,25,26,27). The molecule has 28 heavy (non-hydrogen) atoms. The number of hydrogen-bond donors (Lipinski definition) is 2. The van der Waals surface area contributed by atoms with Crippen LogP contribution in [0.1, 0.15) is 13.8 Å². The highest BCUT2D eigenvalue weighted by Crippen LogP contribution is 2.27. The van der Waals surface area contributed by atoms with Crippen molar-refractivity contribution >= 4 is 29.1 Å². The largest absolute Gasteiger partial charge is 0.377 e. The van der Waals surface area contributed by atoms with Crippen LogP contribution in [0.5, 0.6) is 0 Å². The van der Waals surface area contributed by atoms with Gasteiger partial charge in [0.15, 0.2) is 0 Å². The molecular formula is C19H20ClFN6O. The maximum absolute atomic E-state index is 13.3. The van der Waals surface area contributed by atoms with Crippen LogP contribution in [-0.4, -0.2) is 39.2 Å². The van der Waals surface area contributed by atoms with Crippen molar-refractivity contribution in [3.63, 3.8) is 0 Å². The van der Waals surface area contributed by atoms with Crippen molar-refractivity contribution in [1.29, 1.82) is 0 Å². The quantitative estimate of drug-likeness (QED) is 0.543. The lowest BCUT2D eigenvalue weighted by Gasteiger charge is -2.14. The summed E-state index contributed by atoms with van der Waals surface area (Å²) in [6, 6.07) is 4.32. The van der Waals surface area contributed by atoms with Gasteiger partial charge in [-0.2, -0.15) is 4.98 Å². The predicted octanol–water partition coefficient (Wildman–Crippen LogP) is 4.31. The molecule has 2 N–H and O–H groups in total. The van der Waals surface area contributed by atoms with Crippen molar-refractivity contribution in [3.8, 4) is 11.1 Å². The molecule has 9 heteroatoms. The van der Waals surface area contributed by atoms with Crippen molar-refractivity contribution in [3.05, 3.63) is 54.0 Å². The van der Waals surface area contributed by atoms with E-state index in [1.165, 1.54) is 18.5 Å². The number of hydrogen-bond acceptors (Lipinski definition) is 7. The Kier molecular flexibility index (Phi) is 6.67. The molecule has 2 heterocycles. The van der Waals surface area contributed by atoms with E-state index >= 15 is 0 Å². The number of halogens is 2. The monoisotopic (exact) mass is 402 g/mol. The summed E-state index contributed by atoms with van der Waals surface area (Å²) >= 11 is 5.83. The molecule has 146 valence electrons. The molecule has 3 aromatic rings. The van der Waals surface area contributed by atoms with Gasteiger partial charge in [-0.05, 0) is 32.0 Å². The minimum absolute atomic E-state index is 0.0206. The molecule has 3 rings (SSSR count). The highest BCUT2D eigenvalue weighted by atomic mass is 35.5. The first-order valence-corrected chi connectivity index (χ1v) is 9.10. The highest BCUT2D eigenvalue weighted by Gasteiger charge is 2.11. The molecule has 0 atom stereocenters. The zero-order valence-corrected chi connectivity index (χ0v) is 16.2. The summed E-state index contributed by atoms with van der Waals surface area (Å²) in [7, 11) is 0. The van der Waals surface area contributed by atoms with E-state index in [4.69, 9.17) is 16.3 Å². The summed E-state index contributed by atoms with van der Waals surface area (Å²) in [5.41, 5.74) is 2.12. The second-order valence-corrected chi connectivity index (χ2v) is 6.59. The second kappa shape index (κ2) is 9.38. The second-order valence-electron chi connectivity index (χ2n) is 6.18. The molecule has 7 nitrogen and oxygen atoms in total. The van der Waals surface area contributed by atoms with Crippen LogP contribution in [0.3, 0.4) is 0 Å². The van der Waals surface area contributed by atoms with E-state index in [2.05, 4.69) is 30.6 Å². The number of nitrogens with one attached hydrogen (secondary N) is 2. The topological polar surface area (TPSA) is 84.9 Å². The normalized spacial score (nSPS) is 10.9. The first-order chi connectivity index (χ1) is 13.5. The lowest BCUT2D eigenvalue weighted by Crippen LogP contribution is -2.15. The third kappa shape index (κ3) is 5.34. The SMILES string of the molecule is CC(C)OCCNc1nc(Nc2ccc(F)c(Cl)c2)ncc1-c1cncnc1. The fourth-order valence-corrected chi connectivity index (χ4v) is 2.57. The molecular weight excluding hydrogens is 383 g/mol. The van der Waals surface area contributed by atoms with Crippen LogP contribution < -0.4 is 10.6 Å². The maximum Gasteiger partial charge on any atom is 0.229 e. The minimum atomic E-state index is -0.486. The van der Waals surface area contributed by atoms with Crippen LogP contribution in [-0.2, 0) is 4.74 Å². The van der Waals surface area contributed by atoms with Crippen LogP contribution >= 0.6 is 11.6 Å². The summed E-state index contributed by atoms with van der Waals surface area (Å²) in [4.78, 5) is 17.0. The molecule has 0 bridgehead atoms. The minimum Gasteiger partial charge on any atom is -0.377 e. The molecule has 1 aromatic carbocycles. The Morgan fingerprint density at radius 1 is 1.18 bits per heavy atom. The Morgan fingerprint density at radius 3 is 2.68 bits per heavy atom. The van der Waals surface area contributed by atoms with Gasteiger partial charge in [-0.3, -0.25) is 0 Å². The number of ether oxygens (including phenoxy) is 1. The molecule has 2 aromatic heterocycles. The van der Waals surface area contributed by atoms with Gasteiger partial charge < -0.3 is 15.4 Å². The number of aromatic nitrogens is 4. The van der Waals surface area contributed by atoms with E-state index in [0.29, 0.717) is 30.6 Å². The third-order valence-electron chi connectivity index (χ3n) is 3.68. The number of nitrogens with zero attached hydrogens (tertiary/aromatic N) is 4. The maximum atomic E-state index is 13.3. The average Bonchev–Trinajstić information content (AvgIpc) is 2.69. The van der Waals surface area contributed by atoms with Gasteiger partial charge in [0.05, 0.1) is 17.7 Å². The van der Waals surface area contributed by atoms with Crippen molar-refractivity contribution in [1.82, 2.24) is 19.9 Å². The molecule has 0 unspecified atom stereocenters. The van der Waals surface area contributed by atoms with Gasteiger partial charge in [0.25, 0.3) is 0 Å². The summed E-state index contributed by atoms with van der Waals surface area (Å²) in [6.45, 7) is 5.06. The number of anilines is 3. The molecule has 0 saturated carbocycles. The first kappa shape index (κ1) is 19.9. The average molecular weight is 403 g/mol. The van der Waals surface area contributed by atoms with Gasteiger partial charge in [-0.1, -0.05) is 11.6 Å². The molecule has 0 radical (unpaired) electrons. The van der Waals surface area contributed by atoms with Gasteiger partial charge in [-0.15, -0.1) is 0 Å². The zero-order valence-electron chi connectivity index (χ0n) is 15.5. The van der Waals surface area contributed by atoms with E-state index in [-0.39, 0.29) is 11.1 Å². The fourth-order valence-electron chi connectivity index (χ4n) is 2.39. The molecule has 0 saturated heterocycles. The van der Waals surface area contributed by atoms with Gasteiger partial charge >= 0.3 is 0 Å².